The van der Waals surface area contributed by atoms with Gasteiger partial charge in [0.15, 0.2) is 11.2 Å². The number of hydrogen-bond donors (Lipinski definition) is 2. The third kappa shape index (κ3) is 2.99. The Hall–Kier alpha value is -1.70. The number of benzene rings is 1. The van der Waals surface area contributed by atoms with Gasteiger partial charge in [-0.25, -0.2) is 9.78 Å². The van der Waals surface area contributed by atoms with E-state index in [-0.39, 0.29) is 5.91 Å². The van der Waals surface area contributed by atoms with Gasteiger partial charge in [-0.05, 0) is 31.0 Å². The minimum absolute atomic E-state index is 0.336. The molecule has 6 nitrogen and oxygen atoms in total. The van der Waals surface area contributed by atoms with Crippen molar-refractivity contribution in [2.75, 3.05) is 5.32 Å². The van der Waals surface area contributed by atoms with Crippen LogP contribution >= 0.6 is 22.9 Å². The number of hydrogen-bond acceptors (Lipinski definition) is 5. The van der Waals surface area contributed by atoms with E-state index in [1.165, 1.54) is 11.3 Å². The molecule has 2 aromatic rings. The highest BCUT2D eigenvalue weighted by Gasteiger charge is 2.35. The summed E-state index contributed by atoms with van der Waals surface area (Å²) in [5.74, 6) is -1.41. The van der Waals surface area contributed by atoms with Gasteiger partial charge < -0.3 is 9.84 Å². The first-order chi connectivity index (χ1) is 10.0. The molecule has 1 fully saturated rings. The van der Waals surface area contributed by atoms with E-state index in [9.17, 15) is 9.59 Å². The molecule has 1 saturated heterocycles. The molecule has 3 rings (SSSR count). The molecule has 1 aromatic carbocycles. The number of rotatable bonds is 3. The predicted octanol–water partition coefficient (Wildman–Crippen LogP) is 2.52. The van der Waals surface area contributed by atoms with E-state index in [2.05, 4.69) is 10.3 Å². The average Bonchev–Trinajstić information content (AvgIpc) is 3.03. The molecule has 1 aliphatic rings. The number of thiazole rings is 1. The molecule has 2 atom stereocenters. The van der Waals surface area contributed by atoms with E-state index < -0.39 is 18.2 Å². The number of fused-ring (bicyclic) bond motifs is 1. The molecule has 1 amide bonds. The van der Waals surface area contributed by atoms with Crippen LogP contribution in [-0.4, -0.2) is 34.2 Å². The number of aliphatic carboxylic acids is 1. The van der Waals surface area contributed by atoms with Crippen molar-refractivity contribution < 1.29 is 19.4 Å². The maximum Gasteiger partial charge on any atom is 0.332 e. The number of ether oxygens (including phenoxy) is 1. The number of halogens is 1. The first kappa shape index (κ1) is 14.2. The summed E-state index contributed by atoms with van der Waals surface area (Å²) >= 11 is 7.21. The van der Waals surface area contributed by atoms with Crippen LogP contribution in [0.4, 0.5) is 5.13 Å². The lowest BCUT2D eigenvalue weighted by molar-refractivity contribution is -0.150. The molecule has 0 spiro atoms. The van der Waals surface area contributed by atoms with Crippen LogP contribution < -0.4 is 5.32 Å². The van der Waals surface area contributed by atoms with Gasteiger partial charge in [0.05, 0.1) is 10.2 Å². The first-order valence-electron chi connectivity index (χ1n) is 6.28. The fourth-order valence-electron chi connectivity index (χ4n) is 2.15. The SMILES string of the molecule is O=C(Nc1nc2ccc(Cl)cc2s1)[C@@H]1CC[C@H](C(=O)O)O1. The first-order valence-corrected chi connectivity index (χ1v) is 7.47. The molecule has 21 heavy (non-hydrogen) atoms. The zero-order valence-electron chi connectivity index (χ0n) is 10.7. The Bertz CT molecular complexity index is 717. The van der Waals surface area contributed by atoms with Crippen LogP contribution in [0, 0.1) is 0 Å². The maximum absolute atomic E-state index is 12.0. The van der Waals surface area contributed by atoms with Crippen molar-refractivity contribution >= 4 is 50.2 Å². The summed E-state index contributed by atoms with van der Waals surface area (Å²) < 4.78 is 6.06. The van der Waals surface area contributed by atoms with E-state index >= 15 is 0 Å². The molecule has 0 saturated carbocycles. The van der Waals surface area contributed by atoms with E-state index in [1.54, 1.807) is 18.2 Å². The largest absolute Gasteiger partial charge is 0.479 e. The standard InChI is InChI=1S/C13H11ClN2O4S/c14-6-1-2-7-10(5-6)21-13(15-7)16-11(17)8-3-4-9(20-8)12(18)19/h1-2,5,8-9H,3-4H2,(H,18,19)(H,15,16,17)/t8-,9+/m0/s1. The number of carboxylic acid groups (broad SMARTS) is 1. The van der Waals surface area contributed by atoms with Gasteiger partial charge in [-0.1, -0.05) is 22.9 Å². The van der Waals surface area contributed by atoms with Gasteiger partial charge in [0.2, 0.25) is 0 Å². The van der Waals surface area contributed by atoms with Crippen molar-refractivity contribution in [1.82, 2.24) is 4.98 Å². The van der Waals surface area contributed by atoms with Crippen molar-refractivity contribution in [3.8, 4) is 0 Å². The third-order valence-corrected chi connectivity index (χ3v) is 4.34. The number of carbonyl (C=O) groups is 2. The maximum atomic E-state index is 12.0. The quantitative estimate of drug-likeness (QED) is 0.904. The Morgan fingerprint density at radius 3 is 2.86 bits per heavy atom. The fourth-order valence-corrected chi connectivity index (χ4v) is 3.29. The number of anilines is 1. The monoisotopic (exact) mass is 326 g/mol. The molecular weight excluding hydrogens is 316 g/mol. The molecule has 0 bridgehead atoms. The normalized spacial score (nSPS) is 21.6. The molecule has 0 aliphatic carbocycles. The van der Waals surface area contributed by atoms with Gasteiger partial charge in [-0.2, -0.15) is 0 Å². The predicted molar refractivity (Wildman–Crippen MR) is 78.8 cm³/mol. The minimum atomic E-state index is -1.04. The molecule has 0 unspecified atom stereocenters. The fraction of sp³-hybridized carbons (Fsp3) is 0.308. The van der Waals surface area contributed by atoms with E-state index in [1.807, 2.05) is 0 Å². The molecular formula is C13H11ClN2O4S. The number of aromatic nitrogens is 1. The number of amides is 1. The summed E-state index contributed by atoms with van der Waals surface area (Å²) in [4.78, 5) is 27.1. The molecule has 2 heterocycles. The van der Waals surface area contributed by atoms with Gasteiger partial charge in [-0.3, -0.25) is 10.1 Å². The van der Waals surface area contributed by atoms with Crippen LogP contribution in [-0.2, 0) is 14.3 Å². The lowest BCUT2D eigenvalue weighted by Crippen LogP contribution is -2.29. The zero-order chi connectivity index (χ0) is 15.0. The van der Waals surface area contributed by atoms with Crippen LogP contribution in [0.25, 0.3) is 10.2 Å². The molecule has 1 aliphatic heterocycles. The molecule has 1 aromatic heterocycles. The van der Waals surface area contributed by atoms with Crippen LogP contribution in [0.1, 0.15) is 12.8 Å². The zero-order valence-corrected chi connectivity index (χ0v) is 12.3. The van der Waals surface area contributed by atoms with Crippen molar-refractivity contribution in [2.45, 2.75) is 25.0 Å². The Morgan fingerprint density at radius 1 is 1.38 bits per heavy atom. The Kier molecular flexibility index (Phi) is 3.79. The smallest absolute Gasteiger partial charge is 0.332 e. The van der Waals surface area contributed by atoms with Crippen LogP contribution in [0.5, 0.6) is 0 Å². The van der Waals surface area contributed by atoms with Gasteiger partial charge in [0.25, 0.3) is 5.91 Å². The Balaban J connectivity index is 1.70. The molecule has 110 valence electrons. The summed E-state index contributed by atoms with van der Waals surface area (Å²) in [5, 5.41) is 12.6. The molecule has 2 N–H and O–H groups in total. The van der Waals surface area contributed by atoms with Gasteiger partial charge in [0, 0.05) is 5.02 Å². The second-order valence-electron chi connectivity index (χ2n) is 4.65. The summed E-state index contributed by atoms with van der Waals surface area (Å²) in [6.45, 7) is 0. The highest BCUT2D eigenvalue weighted by molar-refractivity contribution is 7.22. The number of nitrogens with one attached hydrogen (secondary N) is 1. The summed E-state index contributed by atoms with van der Waals surface area (Å²) in [6, 6.07) is 5.28. The van der Waals surface area contributed by atoms with Crippen molar-refractivity contribution in [2.24, 2.45) is 0 Å². The van der Waals surface area contributed by atoms with Gasteiger partial charge in [-0.15, -0.1) is 0 Å². The second-order valence-corrected chi connectivity index (χ2v) is 6.12. The number of nitrogens with zero attached hydrogens (tertiary/aromatic N) is 1. The van der Waals surface area contributed by atoms with E-state index in [0.717, 1.165) is 10.2 Å². The van der Waals surface area contributed by atoms with Crippen LogP contribution in [0.2, 0.25) is 5.02 Å². The van der Waals surface area contributed by atoms with E-state index in [0.29, 0.717) is 23.0 Å². The summed E-state index contributed by atoms with van der Waals surface area (Å²) in [5.41, 5.74) is 0.746. The van der Waals surface area contributed by atoms with Crippen molar-refractivity contribution in [1.29, 1.82) is 0 Å². The highest BCUT2D eigenvalue weighted by Crippen LogP contribution is 2.29. The van der Waals surface area contributed by atoms with Gasteiger partial charge in [0.1, 0.15) is 6.10 Å². The van der Waals surface area contributed by atoms with Crippen LogP contribution in [0.3, 0.4) is 0 Å². The topological polar surface area (TPSA) is 88.5 Å². The van der Waals surface area contributed by atoms with Crippen molar-refractivity contribution in [3.63, 3.8) is 0 Å². The molecule has 0 radical (unpaired) electrons. The van der Waals surface area contributed by atoms with Gasteiger partial charge >= 0.3 is 5.97 Å². The van der Waals surface area contributed by atoms with Crippen molar-refractivity contribution in [3.05, 3.63) is 23.2 Å². The average molecular weight is 327 g/mol. The summed E-state index contributed by atoms with van der Waals surface area (Å²) in [7, 11) is 0. The summed E-state index contributed by atoms with van der Waals surface area (Å²) in [6.07, 6.45) is -0.931. The number of carbonyl (C=O) groups excluding carboxylic acids is 1. The lowest BCUT2D eigenvalue weighted by Gasteiger charge is -2.09. The third-order valence-electron chi connectivity index (χ3n) is 3.17. The molecule has 8 heteroatoms. The second kappa shape index (κ2) is 5.59. The Labute approximate surface area is 128 Å². The van der Waals surface area contributed by atoms with E-state index in [4.69, 9.17) is 21.4 Å². The highest BCUT2D eigenvalue weighted by atomic mass is 35.5. The minimum Gasteiger partial charge on any atom is -0.479 e. The van der Waals surface area contributed by atoms with Crippen LogP contribution in [0.15, 0.2) is 18.2 Å². The lowest BCUT2D eigenvalue weighted by atomic mass is 10.2. The number of carboxylic acids is 1. The Morgan fingerprint density at radius 2 is 2.14 bits per heavy atom.